The molecule has 3 atom stereocenters. The Morgan fingerprint density at radius 1 is 1.29 bits per heavy atom. The number of allylic oxidation sites excluding steroid dienone is 1. The highest BCUT2D eigenvalue weighted by molar-refractivity contribution is 5.81. The van der Waals surface area contributed by atoms with Crippen LogP contribution >= 0.6 is 0 Å². The fraction of sp³-hybridized carbons (Fsp3) is 0.789. The monoisotopic (exact) mass is 337 g/mol. The van der Waals surface area contributed by atoms with Gasteiger partial charge in [0.25, 0.3) is 0 Å². The van der Waals surface area contributed by atoms with Gasteiger partial charge < -0.3 is 14.8 Å². The van der Waals surface area contributed by atoms with Crippen molar-refractivity contribution in [3.63, 3.8) is 0 Å². The van der Waals surface area contributed by atoms with Crippen LogP contribution in [0.1, 0.15) is 64.7 Å². The Morgan fingerprint density at radius 2 is 2.00 bits per heavy atom. The number of carbonyl (C=O) groups is 2. The van der Waals surface area contributed by atoms with Crippen LogP contribution in [-0.2, 0) is 14.3 Å². The van der Waals surface area contributed by atoms with Gasteiger partial charge in [-0.1, -0.05) is 18.9 Å². The maximum atomic E-state index is 12.4. The summed E-state index contributed by atoms with van der Waals surface area (Å²) in [6.45, 7) is 5.78. The first kappa shape index (κ1) is 18.8. The van der Waals surface area contributed by atoms with E-state index in [-0.39, 0.29) is 11.9 Å². The highest BCUT2D eigenvalue weighted by Gasteiger charge is 2.42. The number of nitrogens with one attached hydrogen (secondary N) is 1. The van der Waals surface area contributed by atoms with Gasteiger partial charge in [0.2, 0.25) is 0 Å². The molecular formula is C19H31NO4. The number of hydrogen-bond acceptors (Lipinski definition) is 4. The van der Waals surface area contributed by atoms with E-state index in [9.17, 15) is 9.59 Å². The van der Waals surface area contributed by atoms with Crippen molar-refractivity contribution in [1.82, 2.24) is 5.32 Å². The first-order valence-electron chi connectivity index (χ1n) is 9.18. The van der Waals surface area contributed by atoms with Crippen LogP contribution in [0.25, 0.3) is 0 Å². The Balaban J connectivity index is 1.96. The molecule has 0 bridgehead atoms. The molecule has 0 unspecified atom stereocenters. The maximum Gasteiger partial charge on any atom is 0.408 e. The Morgan fingerprint density at radius 3 is 2.62 bits per heavy atom. The van der Waals surface area contributed by atoms with Crippen LogP contribution in [-0.4, -0.2) is 30.8 Å². The second-order valence-electron chi connectivity index (χ2n) is 7.35. The van der Waals surface area contributed by atoms with E-state index in [1.165, 1.54) is 7.11 Å². The molecule has 0 saturated heterocycles. The van der Waals surface area contributed by atoms with Crippen molar-refractivity contribution in [2.45, 2.75) is 76.4 Å². The summed E-state index contributed by atoms with van der Waals surface area (Å²) < 4.78 is 10.7. The average molecular weight is 337 g/mol. The summed E-state index contributed by atoms with van der Waals surface area (Å²) in [6, 6.07) is -0.596. The minimum Gasteiger partial charge on any atom is -0.467 e. The minimum absolute atomic E-state index is 0.151. The molecule has 2 saturated carbocycles. The zero-order valence-electron chi connectivity index (χ0n) is 15.0. The SMILES string of the molecule is C=CCC[C@@H]1CCC[C@@]1(C)OC(=O)N[C@H](C(=O)OC)C1CCCC1. The number of esters is 1. The molecule has 0 aromatic carbocycles. The van der Waals surface area contributed by atoms with E-state index in [4.69, 9.17) is 9.47 Å². The number of carbonyl (C=O) groups excluding carboxylic acids is 2. The molecule has 136 valence electrons. The van der Waals surface area contributed by atoms with Crippen molar-refractivity contribution in [3.8, 4) is 0 Å². The van der Waals surface area contributed by atoms with Gasteiger partial charge in [-0.2, -0.15) is 0 Å². The number of hydrogen-bond donors (Lipinski definition) is 1. The standard InChI is InChI=1S/C19H31NO4/c1-4-5-11-15-12-8-13-19(15,2)24-18(22)20-16(17(21)23-3)14-9-6-7-10-14/h4,14-16H,1,5-13H2,2-3H3,(H,20,22)/t15-,16+,19-/m1/s1. The number of methoxy groups -OCH3 is 1. The Hall–Kier alpha value is -1.52. The lowest BCUT2D eigenvalue weighted by Gasteiger charge is -2.32. The van der Waals surface area contributed by atoms with Gasteiger partial charge in [0.1, 0.15) is 11.6 Å². The molecule has 0 radical (unpaired) electrons. The quantitative estimate of drug-likeness (QED) is 0.564. The maximum absolute atomic E-state index is 12.4. The number of ether oxygens (including phenoxy) is 2. The average Bonchev–Trinajstić information content (AvgIpc) is 3.20. The predicted molar refractivity (Wildman–Crippen MR) is 92.6 cm³/mol. The Kier molecular flexibility index (Phi) is 6.69. The molecule has 1 amide bonds. The van der Waals surface area contributed by atoms with Crippen LogP contribution < -0.4 is 5.32 Å². The molecule has 5 nitrogen and oxygen atoms in total. The lowest BCUT2D eigenvalue weighted by Crippen LogP contribution is -2.49. The summed E-state index contributed by atoms with van der Waals surface area (Å²) >= 11 is 0. The van der Waals surface area contributed by atoms with Gasteiger partial charge in [-0.15, -0.1) is 6.58 Å². The Labute approximate surface area is 145 Å². The summed E-state index contributed by atoms with van der Waals surface area (Å²) in [5.74, 6) is 0.126. The zero-order chi connectivity index (χ0) is 17.6. The van der Waals surface area contributed by atoms with E-state index >= 15 is 0 Å². The van der Waals surface area contributed by atoms with Crippen molar-refractivity contribution < 1.29 is 19.1 Å². The Bertz CT molecular complexity index is 458. The molecule has 24 heavy (non-hydrogen) atoms. The summed E-state index contributed by atoms with van der Waals surface area (Å²) in [5, 5.41) is 2.78. The van der Waals surface area contributed by atoms with E-state index in [1.54, 1.807) is 0 Å². The van der Waals surface area contributed by atoms with Crippen molar-refractivity contribution in [3.05, 3.63) is 12.7 Å². The third-order valence-electron chi connectivity index (χ3n) is 5.73. The van der Waals surface area contributed by atoms with E-state index in [0.717, 1.165) is 57.8 Å². The molecule has 2 fully saturated rings. The molecule has 2 rings (SSSR count). The van der Waals surface area contributed by atoms with Crippen LogP contribution in [0.2, 0.25) is 0 Å². The highest BCUT2D eigenvalue weighted by atomic mass is 16.6. The number of rotatable bonds is 7. The normalized spacial score (nSPS) is 28.3. The lowest BCUT2D eigenvalue weighted by molar-refractivity contribution is -0.144. The molecule has 0 aromatic heterocycles. The highest BCUT2D eigenvalue weighted by Crippen LogP contribution is 2.41. The fourth-order valence-corrected chi connectivity index (χ4v) is 4.27. The van der Waals surface area contributed by atoms with Crippen LogP contribution in [0.4, 0.5) is 4.79 Å². The van der Waals surface area contributed by atoms with E-state index in [0.29, 0.717) is 5.92 Å². The summed E-state index contributed by atoms with van der Waals surface area (Å²) in [5.41, 5.74) is -0.455. The number of amides is 1. The van der Waals surface area contributed by atoms with Gasteiger partial charge in [0.05, 0.1) is 7.11 Å². The molecule has 0 heterocycles. The van der Waals surface area contributed by atoms with Crippen LogP contribution in [0.15, 0.2) is 12.7 Å². The van der Waals surface area contributed by atoms with Crippen molar-refractivity contribution in [2.24, 2.45) is 11.8 Å². The molecular weight excluding hydrogens is 306 g/mol. The van der Waals surface area contributed by atoms with Gasteiger partial charge in [-0.25, -0.2) is 9.59 Å². The predicted octanol–water partition coefficient (Wildman–Crippen LogP) is 3.97. The van der Waals surface area contributed by atoms with Gasteiger partial charge in [-0.3, -0.25) is 0 Å². The molecule has 5 heteroatoms. The summed E-state index contributed by atoms with van der Waals surface area (Å²) in [6.07, 6.45) is 10.4. The van der Waals surface area contributed by atoms with Gasteiger partial charge in [-0.05, 0) is 63.7 Å². The van der Waals surface area contributed by atoms with Gasteiger partial charge in [0.15, 0.2) is 0 Å². The van der Waals surface area contributed by atoms with Crippen LogP contribution in [0.3, 0.4) is 0 Å². The van der Waals surface area contributed by atoms with E-state index in [1.807, 2.05) is 13.0 Å². The van der Waals surface area contributed by atoms with Crippen LogP contribution in [0, 0.1) is 11.8 Å². The third-order valence-corrected chi connectivity index (χ3v) is 5.73. The fourth-order valence-electron chi connectivity index (χ4n) is 4.27. The largest absolute Gasteiger partial charge is 0.467 e. The second-order valence-corrected chi connectivity index (χ2v) is 7.35. The van der Waals surface area contributed by atoms with Crippen molar-refractivity contribution in [1.29, 1.82) is 0 Å². The summed E-state index contributed by atoms with van der Waals surface area (Å²) in [4.78, 5) is 24.5. The van der Waals surface area contributed by atoms with Gasteiger partial charge in [0, 0.05) is 0 Å². The molecule has 0 aromatic rings. The lowest BCUT2D eigenvalue weighted by atomic mass is 9.88. The smallest absolute Gasteiger partial charge is 0.408 e. The topological polar surface area (TPSA) is 64.6 Å². The van der Waals surface area contributed by atoms with Crippen molar-refractivity contribution in [2.75, 3.05) is 7.11 Å². The molecule has 2 aliphatic rings. The van der Waals surface area contributed by atoms with Crippen molar-refractivity contribution >= 4 is 12.1 Å². The molecule has 0 spiro atoms. The van der Waals surface area contributed by atoms with E-state index in [2.05, 4.69) is 11.9 Å². The number of alkyl carbamates (subject to hydrolysis) is 1. The third kappa shape index (κ3) is 4.52. The van der Waals surface area contributed by atoms with Gasteiger partial charge >= 0.3 is 12.1 Å². The van der Waals surface area contributed by atoms with E-state index < -0.39 is 17.7 Å². The minimum atomic E-state index is -0.596. The summed E-state index contributed by atoms with van der Waals surface area (Å²) in [7, 11) is 1.36. The molecule has 0 aliphatic heterocycles. The first-order chi connectivity index (χ1) is 11.5. The zero-order valence-corrected chi connectivity index (χ0v) is 15.0. The first-order valence-corrected chi connectivity index (χ1v) is 9.18. The molecule has 2 aliphatic carbocycles. The second kappa shape index (κ2) is 8.54. The molecule has 1 N–H and O–H groups in total. The van der Waals surface area contributed by atoms with Crippen LogP contribution in [0.5, 0.6) is 0 Å².